The number of nitrogens with one attached hydrogen (secondary N) is 1. The van der Waals surface area contributed by atoms with Gasteiger partial charge in [0.1, 0.15) is 6.61 Å². The summed E-state index contributed by atoms with van der Waals surface area (Å²) < 4.78 is 5.07. The van der Waals surface area contributed by atoms with Crippen LogP contribution in [-0.4, -0.2) is 37.7 Å². The minimum absolute atomic E-state index is 0.0999. The van der Waals surface area contributed by atoms with E-state index in [0.29, 0.717) is 0 Å². The predicted octanol–water partition coefficient (Wildman–Crippen LogP) is 0.00420. The monoisotopic (exact) mass is 160 g/mol. The topological polar surface area (TPSA) is 41.6 Å². The van der Waals surface area contributed by atoms with E-state index in [1.807, 2.05) is 13.8 Å². The van der Waals surface area contributed by atoms with Gasteiger partial charge < -0.3 is 4.74 Å². The quantitative estimate of drug-likeness (QED) is 0.589. The van der Waals surface area contributed by atoms with Gasteiger partial charge in [-0.15, -0.1) is 0 Å². The average molecular weight is 160 g/mol. The molecule has 0 atom stereocenters. The summed E-state index contributed by atoms with van der Waals surface area (Å²) >= 11 is 0. The zero-order valence-electron chi connectivity index (χ0n) is 7.55. The summed E-state index contributed by atoms with van der Waals surface area (Å²) in [7, 11) is 3.51. The summed E-state index contributed by atoms with van der Waals surface area (Å²) in [6.45, 7) is 3.90. The lowest BCUT2D eigenvalue weighted by molar-refractivity contribution is -0.130. The second kappa shape index (κ2) is 5.09. The summed E-state index contributed by atoms with van der Waals surface area (Å²) in [5.74, 6) is -0.122. The average Bonchev–Trinajstić information content (AvgIpc) is 1.82. The fourth-order valence-corrected chi connectivity index (χ4v) is 0.524. The van der Waals surface area contributed by atoms with Crippen LogP contribution in [0.3, 0.4) is 0 Å². The van der Waals surface area contributed by atoms with Crippen molar-refractivity contribution < 1.29 is 9.53 Å². The number of carbonyl (C=O) groups excluding carboxylic acids is 1. The number of carbonyl (C=O) groups is 1. The number of ether oxygens (including phenoxy) is 1. The van der Waals surface area contributed by atoms with Crippen LogP contribution < -0.4 is 5.43 Å². The summed E-state index contributed by atoms with van der Waals surface area (Å²) in [5, 5.41) is 1.59. The van der Waals surface area contributed by atoms with E-state index < -0.39 is 0 Å². The molecule has 4 nitrogen and oxygen atoms in total. The van der Waals surface area contributed by atoms with E-state index in [0.717, 1.165) is 0 Å². The molecule has 66 valence electrons. The Kier molecular flexibility index (Phi) is 4.81. The molecule has 0 unspecified atom stereocenters. The maximum Gasteiger partial charge on any atom is 0.260 e. The zero-order chi connectivity index (χ0) is 8.85. The molecule has 0 aliphatic heterocycles. The normalized spacial score (nSPS) is 10.7. The van der Waals surface area contributed by atoms with E-state index in [2.05, 4.69) is 5.43 Å². The first-order valence-electron chi connectivity index (χ1n) is 3.60. The number of rotatable bonds is 4. The van der Waals surface area contributed by atoms with Gasteiger partial charge in [0.2, 0.25) is 0 Å². The van der Waals surface area contributed by atoms with Crippen molar-refractivity contribution >= 4 is 5.91 Å². The molecule has 0 fully saturated rings. The minimum Gasteiger partial charge on any atom is -0.369 e. The fraction of sp³-hybridized carbons (Fsp3) is 0.857. The molecule has 0 aromatic rings. The molecular weight excluding hydrogens is 144 g/mol. The van der Waals surface area contributed by atoms with Crippen LogP contribution in [0.25, 0.3) is 0 Å². The van der Waals surface area contributed by atoms with Crippen molar-refractivity contribution in [2.24, 2.45) is 0 Å². The highest BCUT2D eigenvalue weighted by molar-refractivity contribution is 5.76. The Morgan fingerprint density at radius 3 is 2.45 bits per heavy atom. The third-order valence-corrected chi connectivity index (χ3v) is 0.896. The Morgan fingerprint density at radius 1 is 1.55 bits per heavy atom. The maximum absolute atomic E-state index is 10.9. The first kappa shape index (κ1) is 10.4. The molecule has 0 heterocycles. The van der Waals surface area contributed by atoms with Gasteiger partial charge in [-0.05, 0) is 13.8 Å². The van der Waals surface area contributed by atoms with E-state index in [4.69, 9.17) is 4.74 Å². The third-order valence-electron chi connectivity index (χ3n) is 0.896. The molecule has 11 heavy (non-hydrogen) atoms. The molecule has 0 aromatic heterocycles. The molecule has 4 heteroatoms. The molecule has 0 rings (SSSR count). The van der Waals surface area contributed by atoms with Crippen LogP contribution in [0, 0.1) is 0 Å². The van der Waals surface area contributed by atoms with Crippen LogP contribution in [-0.2, 0) is 9.53 Å². The zero-order valence-corrected chi connectivity index (χ0v) is 7.55. The van der Waals surface area contributed by atoms with Crippen LogP contribution in [0.4, 0.5) is 0 Å². The van der Waals surface area contributed by atoms with Crippen molar-refractivity contribution in [1.82, 2.24) is 10.4 Å². The highest BCUT2D eigenvalue weighted by atomic mass is 16.5. The molecule has 1 amide bonds. The molecular formula is C7H16N2O2. The summed E-state index contributed by atoms with van der Waals surface area (Å²) in [6.07, 6.45) is 0.0999. The SMILES string of the molecule is CC(C)OCC(=O)NN(C)C. The van der Waals surface area contributed by atoms with Gasteiger partial charge in [0.15, 0.2) is 0 Å². The van der Waals surface area contributed by atoms with Crippen molar-refractivity contribution in [2.45, 2.75) is 20.0 Å². The third kappa shape index (κ3) is 7.29. The fourth-order valence-electron chi connectivity index (χ4n) is 0.524. The Labute approximate surface area is 67.5 Å². The Morgan fingerprint density at radius 2 is 2.09 bits per heavy atom. The lowest BCUT2D eigenvalue weighted by atomic mass is 10.5. The van der Waals surface area contributed by atoms with Gasteiger partial charge in [0.05, 0.1) is 6.10 Å². The lowest BCUT2D eigenvalue weighted by Gasteiger charge is -2.12. The number of amides is 1. The second-order valence-corrected chi connectivity index (χ2v) is 2.79. The highest BCUT2D eigenvalue weighted by Gasteiger charge is 2.02. The number of nitrogens with zero attached hydrogens (tertiary/aromatic N) is 1. The van der Waals surface area contributed by atoms with Gasteiger partial charge in [-0.2, -0.15) is 0 Å². The van der Waals surface area contributed by atoms with Crippen LogP contribution in [0.5, 0.6) is 0 Å². The molecule has 0 aliphatic rings. The molecule has 0 saturated heterocycles. The van der Waals surface area contributed by atoms with Gasteiger partial charge >= 0.3 is 0 Å². The molecule has 0 spiro atoms. The summed E-state index contributed by atoms with van der Waals surface area (Å²) in [4.78, 5) is 10.9. The molecule has 1 N–H and O–H groups in total. The highest BCUT2D eigenvalue weighted by Crippen LogP contribution is 1.85. The Bertz CT molecular complexity index is 124. The van der Waals surface area contributed by atoms with E-state index in [1.54, 1.807) is 19.1 Å². The molecule has 0 radical (unpaired) electrons. The van der Waals surface area contributed by atoms with E-state index in [1.165, 1.54) is 0 Å². The molecule has 0 saturated carbocycles. The Hall–Kier alpha value is -0.610. The summed E-state index contributed by atoms with van der Waals surface area (Å²) in [5.41, 5.74) is 2.57. The van der Waals surface area contributed by atoms with Crippen molar-refractivity contribution in [3.8, 4) is 0 Å². The van der Waals surface area contributed by atoms with Crippen molar-refractivity contribution in [1.29, 1.82) is 0 Å². The van der Waals surface area contributed by atoms with E-state index in [-0.39, 0.29) is 18.6 Å². The largest absolute Gasteiger partial charge is 0.369 e. The van der Waals surface area contributed by atoms with Crippen molar-refractivity contribution in [2.75, 3.05) is 20.7 Å². The second-order valence-electron chi connectivity index (χ2n) is 2.79. The van der Waals surface area contributed by atoms with Crippen molar-refractivity contribution in [3.05, 3.63) is 0 Å². The first-order valence-corrected chi connectivity index (χ1v) is 3.60. The smallest absolute Gasteiger partial charge is 0.260 e. The number of hydrogen-bond donors (Lipinski definition) is 1. The van der Waals surface area contributed by atoms with Gasteiger partial charge in [-0.3, -0.25) is 10.2 Å². The number of hydrogen-bond acceptors (Lipinski definition) is 3. The van der Waals surface area contributed by atoms with Gasteiger partial charge in [-0.1, -0.05) is 0 Å². The van der Waals surface area contributed by atoms with Gasteiger partial charge in [-0.25, -0.2) is 5.01 Å². The summed E-state index contributed by atoms with van der Waals surface area (Å²) in [6, 6.07) is 0. The Balaban J connectivity index is 3.38. The van der Waals surface area contributed by atoms with Crippen LogP contribution >= 0.6 is 0 Å². The van der Waals surface area contributed by atoms with Gasteiger partial charge in [0.25, 0.3) is 5.91 Å². The van der Waals surface area contributed by atoms with Crippen LogP contribution in [0.2, 0.25) is 0 Å². The molecule has 0 aromatic carbocycles. The molecule has 0 aliphatic carbocycles. The van der Waals surface area contributed by atoms with E-state index in [9.17, 15) is 4.79 Å². The standard InChI is InChI=1S/C7H16N2O2/c1-6(2)11-5-7(10)8-9(3)4/h6H,5H2,1-4H3,(H,8,10). The lowest BCUT2D eigenvalue weighted by Crippen LogP contribution is -2.38. The van der Waals surface area contributed by atoms with Gasteiger partial charge in [0, 0.05) is 14.1 Å². The minimum atomic E-state index is -0.122. The van der Waals surface area contributed by atoms with Crippen LogP contribution in [0.1, 0.15) is 13.8 Å². The molecule has 0 bridgehead atoms. The van der Waals surface area contributed by atoms with Crippen LogP contribution in [0.15, 0.2) is 0 Å². The first-order chi connectivity index (χ1) is 5.02. The predicted molar refractivity (Wildman–Crippen MR) is 42.9 cm³/mol. The number of hydrazine groups is 1. The maximum atomic E-state index is 10.9. The van der Waals surface area contributed by atoms with E-state index >= 15 is 0 Å². The van der Waals surface area contributed by atoms with Crippen molar-refractivity contribution in [3.63, 3.8) is 0 Å².